The monoisotopic (exact) mass is 355 g/mol. The van der Waals surface area contributed by atoms with Gasteiger partial charge in [0.25, 0.3) is 0 Å². The number of carbonyl (C=O) groups is 2. The van der Waals surface area contributed by atoms with Gasteiger partial charge in [0.2, 0.25) is 0 Å². The zero-order valence-corrected chi connectivity index (χ0v) is 13.5. The molecule has 0 aliphatic carbocycles. The third kappa shape index (κ3) is 3.94. The molecule has 0 atom stereocenters. The number of aldehydes is 1. The van der Waals surface area contributed by atoms with Gasteiger partial charge in [0.15, 0.2) is 6.29 Å². The molecule has 7 heteroatoms. The average Bonchev–Trinajstić information content (AvgIpc) is 2.50. The minimum absolute atomic E-state index is 0.0281. The minimum atomic E-state index is -1.15. The molecule has 1 amide bonds. The molecular weight excluding hydrogens is 345 g/mol. The van der Waals surface area contributed by atoms with Crippen molar-refractivity contribution in [3.63, 3.8) is 0 Å². The molecule has 0 spiro atoms. The predicted octanol–water partition coefficient (Wildman–Crippen LogP) is 4.72. The van der Waals surface area contributed by atoms with Gasteiger partial charge in [-0.15, -0.1) is 0 Å². The highest BCUT2D eigenvalue weighted by Crippen LogP contribution is 2.38. The number of nitrogens with one attached hydrogen (secondary N) is 1. The second-order valence-electron chi connectivity index (χ2n) is 4.25. The van der Waals surface area contributed by atoms with Crippen molar-refractivity contribution in [1.29, 1.82) is 0 Å². The fraction of sp³-hybridized carbons (Fsp3) is 0.0667. The molecule has 0 radical (unpaired) electrons. The molecule has 0 aromatic heterocycles. The standard InChI is InChI=1S/C15H11Cl2NO3S/c16-11-5-6-13(10(14(11)17)7-18-15(20)21)22-12-4-2-1-3-9(12)8-19/h1-6,8,18H,7H2,(H,20,21). The van der Waals surface area contributed by atoms with E-state index in [2.05, 4.69) is 5.32 Å². The molecule has 2 N–H and O–H groups in total. The Hall–Kier alpha value is -1.69. The summed E-state index contributed by atoms with van der Waals surface area (Å²) in [5.74, 6) is 0. The second-order valence-corrected chi connectivity index (χ2v) is 6.12. The van der Waals surface area contributed by atoms with E-state index >= 15 is 0 Å². The van der Waals surface area contributed by atoms with E-state index in [0.29, 0.717) is 21.2 Å². The molecule has 2 rings (SSSR count). The third-order valence-corrected chi connectivity index (χ3v) is 4.87. The van der Waals surface area contributed by atoms with E-state index in [9.17, 15) is 9.59 Å². The molecule has 22 heavy (non-hydrogen) atoms. The molecule has 0 saturated heterocycles. The summed E-state index contributed by atoms with van der Waals surface area (Å²) in [5.41, 5.74) is 1.12. The van der Waals surface area contributed by atoms with Gasteiger partial charge in [-0.3, -0.25) is 4.79 Å². The molecule has 0 heterocycles. The van der Waals surface area contributed by atoms with E-state index in [1.54, 1.807) is 24.3 Å². The Kier molecular flexibility index (Phi) is 5.71. The summed E-state index contributed by atoms with van der Waals surface area (Å²) in [6.45, 7) is 0.0281. The van der Waals surface area contributed by atoms with Crippen molar-refractivity contribution in [3.8, 4) is 0 Å². The van der Waals surface area contributed by atoms with Gasteiger partial charge in [-0.2, -0.15) is 0 Å². The van der Waals surface area contributed by atoms with Crippen LogP contribution < -0.4 is 5.32 Å². The molecule has 114 valence electrons. The fourth-order valence-corrected chi connectivity index (χ4v) is 3.30. The largest absolute Gasteiger partial charge is 0.465 e. The van der Waals surface area contributed by atoms with Crippen LogP contribution in [0, 0.1) is 0 Å². The van der Waals surface area contributed by atoms with Crippen LogP contribution >= 0.6 is 35.0 Å². The molecule has 4 nitrogen and oxygen atoms in total. The number of hydrogen-bond donors (Lipinski definition) is 2. The smallest absolute Gasteiger partial charge is 0.404 e. The van der Waals surface area contributed by atoms with Gasteiger partial charge in [-0.1, -0.05) is 53.2 Å². The number of carbonyl (C=O) groups excluding carboxylic acids is 1. The third-order valence-electron chi connectivity index (χ3n) is 2.84. The summed E-state index contributed by atoms with van der Waals surface area (Å²) in [7, 11) is 0. The van der Waals surface area contributed by atoms with Crippen LogP contribution in [0.25, 0.3) is 0 Å². The summed E-state index contributed by atoms with van der Waals surface area (Å²) in [4.78, 5) is 23.3. The number of amides is 1. The molecular formula is C15H11Cl2NO3S. The number of carboxylic acid groups (broad SMARTS) is 1. The van der Waals surface area contributed by atoms with Gasteiger partial charge in [-0.05, 0) is 18.2 Å². The Morgan fingerprint density at radius 3 is 2.59 bits per heavy atom. The first kappa shape index (κ1) is 16.7. The van der Waals surface area contributed by atoms with E-state index in [-0.39, 0.29) is 6.54 Å². The van der Waals surface area contributed by atoms with Gasteiger partial charge in [0.1, 0.15) is 0 Å². The van der Waals surface area contributed by atoms with Crippen molar-refractivity contribution >= 4 is 47.3 Å². The van der Waals surface area contributed by atoms with Crippen LogP contribution in [0.5, 0.6) is 0 Å². The van der Waals surface area contributed by atoms with Crippen LogP contribution in [-0.4, -0.2) is 17.5 Å². The maximum absolute atomic E-state index is 11.1. The molecule has 2 aromatic rings. The lowest BCUT2D eigenvalue weighted by atomic mass is 10.2. The Labute approximate surface area is 141 Å². The molecule has 0 saturated carbocycles. The van der Waals surface area contributed by atoms with E-state index < -0.39 is 6.09 Å². The number of benzene rings is 2. The number of halogens is 2. The Morgan fingerprint density at radius 1 is 1.18 bits per heavy atom. The van der Waals surface area contributed by atoms with Gasteiger partial charge in [0, 0.05) is 27.5 Å². The molecule has 0 unspecified atom stereocenters. The van der Waals surface area contributed by atoms with Crippen molar-refractivity contribution in [1.82, 2.24) is 5.32 Å². The zero-order valence-electron chi connectivity index (χ0n) is 11.2. The van der Waals surface area contributed by atoms with Crippen molar-refractivity contribution in [2.75, 3.05) is 0 Å². The fourth-order valence-electron chi connectivity index (χ4n) is 1.79. The molecule has 0 aliphatic rings. The molecule has 0 aliphatic heterocycles. The van der Waals surface area contributed by atoms with E-state index in [0.717, 1.165) is 16.1 Å². The highest BCUT2D eigenvalue weighted by Gasteiger charge is 2.14. The van der Waals surface area contributed by atoms with Crippen molar-refractivity contribution < 1.29 is 14.7 Å². The van der Waals surface area contributed by atoms with Gasteiger partial charge < -0.3 is 10.4 Å². The first-order chi connectivity index (χ1) is 10.5. The maximum atomic E-state index is 11.1. The summed E-state index contributed by atoms with van der Waals surface area (Å²) in [5, 5.41) is 11.7. The van der Waals surface area contributed by atoms with E-state index in [1.165, 1.54) is 11.8 Å². The van der Waals surface area contributed by atoms with Crippen molar-refractivity contribution in [2.24, 2.45) is 0 Å². The van der Waals surface area contributed by atoms with Crippen LogP contribution in [-0.2, 0) is 6.54 Å². The predicted molar refractivity (Wildman–Crippen MR) is 87.3 cm³/mol. The van der Waals surface area contributed by atoms with Crippen LogP contribution in [0.4, 0.5) is 4.79 Å². The highest BCUT2D eigenvalue weighted by molar-refractivity contribution is 7.99. The molecule has 0 bridgehead atoms. The normalized spacial score (nSPS) is 10.3. The van der Waals surface area contributed by atoms with Crippen LogP contribution in [0.1, 0.15) is 15.9 Å². The highest BCUT2D eigenvalue weighted by atomic mass is 35.5. The summed E-state index contributed by atoms with van der Waals surface area (Å²) >= 11 is 13.5. The topological polar surface area (TPSA) is 66.4 Å². The minimum Gasteiger partial charge on any atom is -0.465 e. The lowest BCUT2D eigenvalue weighted by Gasteiger charge is -2.13. The summed E-state index contributed by atoms with van der Waals surface area (Å²) < 4.78 is 0. The molecule has 0 fully saturated rings. The summed E-state index contributed by atoms with van der Waals surface area (Å²) in [6.07, 6.45) is -0.380. The van der Waals surface area contributed by atoms with Gasteiger partial charge >= 0.3 is 6.09 Å². The maximum Gasteiger partial charge on any atom is 0.404 e. The van der Waals surface area contributed by atoms with Crippen LogP contribution in [0.3, 0.4) is 0 Å². The zero-order chi connectivity index (χ0) is 16.1. The Bertz CT molecular complexity index is 722. The van der Waals surface area contributed by atoms with E-state index in [1.807, 2.05) is 12.1 Å². The average molecular weight is 356 g/mol. The first-order valence-corrected chi connectivity index (χ1v) is 7.76. The van der Waals surface area contributed by atoms with E-state index in [4.69, 9.17) is 28.3 Å². The second kappa shape index (κ2) is 7.54. The van der Waals surface area contributed by atoms with Gasteiger partial charge in [-0.25, -0.2) is 4.79 Å². The lowest BCUT2D eigenvalue weighted by molar-refractivity contribution is 0.112. The quantitative estimate of drug-likeness (QED) is 0.761. The van der Waals surface area contributed by atoms with Crippen LogP contribution in [0.2, 0.25) is 10.0 Å². The lowest BCUT2D eigenvalue weighted by Crippen LogP contribution is -2.20. The Balaban J connectivity index is 2.39. The number of hydrogen-bond acceptors (Lipinski definition) is 3. The Morgan fingerprint density at radius 2 is 1.91 bits per heavy atom. The van der Waals surface area contributed by atoms with Crippen LogP contribution in [0.15, 0.2) is 46.2 Å². The van der Waals surface area contributed by atoms with Crippen molar-refractivity contribution in [2.45, 2.75) is 16.3 Å². The first-order valence-electron chi connectivity index (χ1n) is 6.18. The molecule has 2 aromatic carbocycles. The number of rotatable bonds is 5. The SMILES string of the molecule is O=Cc1ccccc1Sc1ccc(Cl)c(Cl)c1CNC(=O)O. The summed E-state index contributed by atoms with van der Waals surface area (Å²) in [6, 6.07) is 10.5. The van der Waals surface area contributed by atoms with Gasteiger partial charge in [0.05, 0.1) is 10.0 Å². The van der Waals surface area contributed by atoms with Crippen molar-refractivity contribution in [3.05, 3.63) is 57.6 Å².